The van der Waals surface area contributed by atoms with Crippen LogP contribution in [0.3, 0.4) is 0 Å². The molecule has 2 rings (SSSR count). The number of benzene rings is 1. The number of nitrogens with zero attached hydrogens (tertiary/aromatic N) is 1. The van der Waals surface area contributed by atoms with Crippen molar-refractivity contribution in [3.63, 3.8) is 0 Å². The highest BCUT2D eigenvalue weighted by Crippen LogP contribution is 2.21. The Hall–Kier alpha value is -1.59. The predicted octanol–water partition coefficient (Wildman–Crippen LogP) is 4.03. The van der Waals surface area contributed by atoms with Gasteiger partial charge in [-0.05, 0) is 46.6 Å². The summed E-state index contributed by atoms with van der Waals surface area (Å²) in [5.41, 5.74) is 1.44. The Balaban J connectivity index is 2.20. The van der Waals surface area contributed by atoms with E-state index in [1.165, 1.54) is 0 Å². The molecular weight excluding hydrogens is 354 g/mol. The molecule has 2 N–H and O–H groups in total. The van der Waals surface area contributed by atoms with E-state index in [1.54, 1.807) is 25.4 Å². The zero-order chi connectivity index (χ0) is 15.4. The van der Waals surface area contributed by atoms with Gasteiger partial charge in [-0.1, -0.05) is 23.7 Å². The van der Waals surface area contributed by atoms with Crippen LogP contribution in [0, 0.1) is 0 Å². The van der Waals surface area contributed by atoms with Crippen molar-refractivity contribution in [1.29, 1.82) is 0 Å². The Morgan fingerprint density at radius 3 is 2.81 bits per heavy atom. The minimum atomic E-state index is -0.194. The van der Waals surface area contributed by atoms with Gasteiger partial charge in [-0.25, -0.2) is 4.98 Å². The van der Waals surface area contributed by atoms with Gasteiger partial charge in [0.05, 0.1) is 11.6 Å². The highest BCUT2D eigenvalue weighted by Gasteiger charge is 2.16. The van der Waals surface area contributed by atoms with Gasteiger partial charge in [0.2, 0.25) is 0 Å². The van der Waals surface area contributed by atoms with Crippen molar-refractivity contribution in [2.24, 2.45) is 0 Å². The molecular formula is C15H15BrClN3O. The number of carbonyl (C=O) groups is 1. The molecule has 1 atom stereocenters. The first kappa shape index (κ1) is 15.8. The molecule has 1 amide bonds. The lowest BCUT2D eigenvalue weighted by molar-refractivity contribution is 0.0940. The number of amides is 1. The molecule has 0 aliphatic carbocycles. The van der Waals surface area contributed by atoms with E-state index in [4.69, 9.17) is 11.6 Å². The van der Waals surface area contributed by atoms with E-state index in [1.807, 2.05) is 25.1 Å². The molecule has 0 saturated heterocycles. The second kappa shape index (κ2) is 6.91. The minimum Gasteiger partial charge on any atom is -0.372 e. The van der Waals surface area contributed by atoms with Gasteiger partial charge in [-0.15, -0.1) is 0 Å². The van der Waals surface area contributed by atoms with Gasteiger partial charge in [0.25, 0.3) is 5.91 Å². The third-order valence-corrected chi connectivity index (χ3v) is 3.70. The van der Waals surface area contributed by atoms with Crippen LogP contribution in [0.15, 0.2) is 41.0 Å². The summed E-state index contributed by atoms with van der Waals surface area (Å²) >= 11 is 9.30. The van der Waals surface area contributed by atoms with Crippen LogP contribution in [0.2, 0.25) is 5.02 Å². The number of aromatic nitrogens is 1. The van der Waals surface area contributed by atoms with Crippen molar-refractivity contribution in [1.82, 2.24) is 10.3 Å². The first-order chi connectivity index (χ1) is 10.0. The summed E-state index contributed by atoms with van der Waals surface area (Å²) in [6, 6.07) is 9.01. The number of halogens is 2. The number of pyridine rings is 1. The topological polar surface area (TPSA) is 54.0 Å². The van der Waals surface area contributed by atoms with Gasteiger partial charge in [-0.2, -0.15) is 0 Å². The van der Waals surface area contributed by atoms with Crippen LogP contribution < -0.4 is 10.6 Å². The molecule has 1 heterocycles. The van der Waals surface area contributed by atoms with Crippen molar-refractivity contribution in [2.75, 3.05) is 12.4 Å². The number of carbonyl (C=O) groups excluding carboxylic acids is 1. The molecule has 0 fully saturated rings. The van der Waals surface area contributed by atoms with Crippen molar-refractivity contribution in [2.45, 2.75) is 13.0 Å². The Morgan fingerprint density at radius 2 is 2.14 bits per heavy atom. The zero-order valence-electron chi connectivity index (χ0n) is 11.7. The Kier molecular flexibility index (Phi) is 5.20. The lowest BCUT2D eigenvalue weighted by Gasteiger charge is -2.16. The average Bonchev–Trinajstić information content (AvgIpc) is 2.47. The highest BCUT2D eigenvalue weighted by atomic mass is 79.9. The van der Waals surface area contributed by atoms with Crippen LogP contribution in [0.25, 0.3) is 0 Å². The van der Waals surface area contributed by atoms with Crippen LogP contribution in [-0.2, 0) is 0 Å². The number of hydrogen-bond acceptors (Lipinski definition) is 3. The summed E-state index contributed by atoms with van der Waals surface area (Å²) in [7, 11) is 1.73. The molecule has 2 aromatic rings. The molecule has 0 saturated carbocycles. The molecule has 110 valence electrons. The van der Waals surface area contributed by atoms with Crippen molar-refractivity contribution < 1.29 is 4.79 Å². The molecule has 0 aliphatic rings. The van der Waals surface area contributed by atoms with Gasteiger partial charge in [0.15, 0.2) is 0 Å². The maximum absolute atomic E-state index is 12.4. The van der Waals surface area contributed by atoms with Crippen LogP contribution in [0.1, 0.15) is 28.9 Å². The predicted molar refractivity (Wildman–Crippen MR) is 88.8 cm³/mol. The van der Waals surface area contributed by atoms with E-state index in [9.17, 15) is 4.79 Å². The number of anilines is 1. The normalized spacial score (nSPS) is 11.8. The standard InChI is InChI=1S/C15H15BrClN3O/c1-9(10-4-3-5-12(17)6-10)20-15(21)13-7-11(16)8-19-14(13)18-2/h3-9H,1-2H3,(H,18,19)(H,20,21). The first-order valence-electron chi connectivity index (χ1n) is 6.41. The lowest BCUT2D eigenvalue weighted by Crippen LogP contribution is -2.27. The van der Waals surface area contributed by atoms with Crippen molar-refractivity contribution in [3.8, 4) is 0 Å². The number of nitrogens with one attached hydrogen (secondary N) is 2. The second-order valence-corrected chi connectivity index (χ2v) is 5.90. The first-order valence-corrected chi connectivity index (χ1v) is 7.58. The molecule has 1 aromatic carbocycles. The summed E-state index contributed by atoms with van der Waals surface area (Å²) in [4.78, 5) is 16.6. The molecule has 0 bridgehead atoms. The number of rotatable bonds is 4. The second-order valence-electron chi connectivity index (χ2n) is 4.55. The zero-order valence-corrected chi connectivity index (χ0v) is 14.0. The summed E-state index contributed by atoms with van der Waals surface area (Å²) in [6.07, 6.45) is 1.64. The fourth-order valence-corrected chi connectivity index (χ4v) is 2.48. The quantitative estimate of drug-likeness (QED) is 0.856. The maximum Gasteiger partial charge on any atom is 0.255 e. The summed E-state index contributed by atoms with van der Waals surface area (Å²) in [5, 5.41) is 6.50. The fourth-order valence-electron chi connectivity index (χ4n) is 1.95. The van der Waals surface area contributed by atoms with E-state index >= 15 is 0 Å². The van der Waals surface area contributed by atoms with Gasteiger partial charge >= 0.3 is 0 Å². The molecule has 1 aromatic heterocycles. The van der Waals surface area contributed by atoms with Crippen molar-refractivity contribution >= 4 is 39.3 Å². The average molecular weight is 369 g/mol. The summed E-state index contributed by atoms with van der Waals surface area (Å²) in [5.74, 6) is 0.342. The Bertz CT molecular complexity index is 663. The van der Waals surface area contributed by atoms with Gasteiger partial charge in [0, 0.05) is 22.7 Å². The largest absolute Gasteiger partial charge is 0.372 e. The SMILES string of the molecule is CNc1ncc(Br)cc1C(=O)NC(C)c1cccc(Cl)c1. The van der Waals surface area contributed by atoms with Crippen LogP contribution >= 0.6 is 27.5 Å². The highest BCUT2D eigenvalue weighted by molar-refractivity contribution is 9.10. The van der Waals surface area contributed by atoms with E-state index in [0.717, 1.165) is 10.0 Å². The molecule has 0 radical (unpaired) electrons. The third-order valence-electron chi connectivity index (χ3n) is 3.03. The maximum atomic E-state index is 12.4. The molecule has 1 unspecified atom stereocenters. The van der Waals surface area contributed by atoms with Crippen LogP contribution in [0.4, 0.5) is 5.82 Å². The smallest absolute Gasteiger partial charge is 0.255 e. The third kappa shape index (κ3) is 3.95. The van der Waals surface area contributed by atoms with Crippen LogP contribution in [-0.4, -0.2) is 17.9 Å². The lowest BCUT2D eigenvalue weighted by atomic mass is 10.1. The van der Waals surface area contributed by atoms with E-state index in [2.05, 4.69) is 31.5 Å². The molecule has 6 heteroatoms. The van der Waals surface area contributed by atoms with E-state index in [0.29, 0.717) is 16.4 Å². The Labute approximate surface area is 137 Å². The summed E-state index contributed by atoms with van der Waals surface area (Å²) in [6.45, 7) is 1.91. The van der Waals surface area contributed by atoms with Crippen molar-refractivity contribution in [3.05, 3.63) is 57.2 Å². The Morgan fingerprint density at radius 1 is 1.38 bits per heavy atom. The molecule has 0 spiro atoms. The molecule has 4 nitrogen and oxygen atoms in total. The minimum absolute atomic E-state index is 0.153. The van der Waals surface area contributed by atoms with E-state index < -0.39 is 0 Å². The fraction of sp³-hybridized carbons (Fsp3) is 0.200. The molecule has 21 heavy (non-hydrogen) atoms. The molecule has 0 aliphatic heterocycles. The number of hydrogen-bond donors (Lipinski definition) is 2. The van der Waals surface area contributed by atoms with Gasteiger partial charge < -0.3 is 10.6 Å². The van der Waals surface area contributed by atoms with E-state index in [-0.39, 0.29) is 11.9 Å². The van der Waals surface area contributed by atoms with Crippen LogP contribution in [0.5, 0.6) is 0 Å². The monoisotopic (exact) mass is 367 g/mol. The van der Waals surface area contributed by atoms with Gasteiger partial charge in [0.1, 0.15) is 5.82 Å². The van der Waals surface area contributed by atoms with Gasteiger partial charge in [-0.3, -0.25) is 4.79 Å². The summed E-state index contributed by atoms with van der Waals surface area (Å²) < 4.78 is 0.752.